The van der Waals surface area contributed by atoms with Crippen molar-refractivity contribution >= 4 is 52.7 Å². The Morgan fingerprint density at radius 2 is 0.963 bits per heavy atom. The fourth-order valence-corrected chi connectivity index (χ4v) is 14.4. The summed E-state index contributed by atoms with van der Waals surface area (Å²) < 4.78 is 23.4. The molecule has 0 aromatic carbocycles. The highest BCUT2D eigenvalue weighted by atomic mass is 16.6. The van der Waals surface area contributed by atoms with Gasteiger partial charge < -0.3 is 33.9 Å². The zero-order valence-corrected chi connectivity index (χ0v) is 52.2. The molecule has 0 aromatic rings. The predicted molar refractivity (Wildman–Crippen MR) is 309 cm³/mol. The predicted octanol–water partition coefficient (Wildman–Crippen LogP) is 9.97. The molecule has 4 aliphatic heterocycles. The minimum atomic E-state index is -1.14. The Hall–Kier alpha value is -3.89. The maximum atomic E-state index is 14.2. The van der Waals surface area contributed by atoms with Gasteiger partial charge in [0, 0.05) is 57.9 Å². The Kier molecular flexibility index (Phi) is 21.8. The molecular weight excluding hydrogens is 1040 g/mol. The summed E-state index contributed by atoms with van der Waals surface area (Å²) in [6.45, 7) is 24.9. The van der Waals surface area contributed by atoms with E-state index >= 15 is 0 Å². The number of fused-ring (bicyclic) bond motifs is 6. The number of carbonyl (C=O) groups is 9. The van der Waals surface area contributed by atoms with E-state index in [2.05, 4.69) is 27.7 Å². The van der Waals surface area contributed by atoms with Crippen molar-refractivity contribution in [2.75, 3.05) is 26.3 Å². The number of aliphatic hydroxyl groups is 1. The number of hydrogen-bond acceptors (Lipinski definition) is 14. The number of esters is 2. The maximum absolute atomic E-state index is 14.2. The molecule has 8 fully saturated rings. The topological polar surface area (TPSA) is 217 Å². The molecule has 4 saturated carbocycles. The summed E-state index contributed by atoms with van der Waals surface area (Å²) in [5, 5.41) is 11.1. The minimum Gasteiger partial charge on any atom is -0.460 e. The fraction of sp³-hybridized carbons (Fsp3) is 0.864. The number of aliphatic hydroxyl groups excluding tert-OH is 1. The fourth-order valence-electron chi connectivity index (χ4n) is 14.4. The molecule has 1 N–H and O–H groups in total. The van der Waals surface area contributed by atoms with Gasteiger partial charge in [-0.05, 0) is 159 Å². The van der Waals surface area contributed by atoms with Gasteiger partial charge in [-0.25, -0.2) is 0 Å². The Labute approximate surface area is 490 Å². The Bertz CT molecular complexity index is 2320. The van der Waals surface area contributed by atoms with E-state index in [4.69, 9.17) is 18.9 Å². The van der Waals surface area contributed by atoms with E-state index in [1.165, 1.54) is 0 Å². The van der Waals surface area contributed by atoms with Crippen molar-refractivity contribution in [2.45, 2.75) is 266 Å². The second-order valence-electron chi connectivity index (χ2n) is 29.6. The van der Waals surface area contributed by atoms with Gasteiger partial charge in [0.2, 0.25) is 17.6 Å². The van der Waals surface area contributed by atoms with Crippen LogP contribution in [-0.4, -0.2) is 135 Å². The molecule has 16 heteroatoms. The average Bonchev–Trinajstić information content (AvgIpc) is 3.14. The molecule has 2 amide bonds. The largest absolute Gasteiger partial charge is 0.460 e. The smallest absolute Gasteiger partial charge is 0.307 e. The Morgan fingerprint density at radius 3 is 1.40 bits per heavy atom. The quantitative estimate of drug-likeness (QED) is 0.142. The van der Waals surface area contributed by atoms with Crippen molar-refractivity contribution < 1.29 is 67.2 Å². The van der Waals surface area contributed by atoms with E-state index in [0.29, 0.717) is 63.8 Å². The molecule has 4 aliphatic carbocycles. The highest BCUT2D eigenvalue weighted by Crippen LogP contribution is 2.66. The lowest BCUT2D eigenvalue weighted by molar-refractivity contribution is -0.162. The van der Waals surface area contributed by atoms with Gasteiger partial charge in [-0.1, -0.05) is 79.1 Å². The van der Waals surface area contributed by atoms with Crippen LogP contribution in [-0.2, 0) is 62.1 Å². The van der Waals surface area contributed by atoms with E-state index in [0.717, 1.165) is 89.9 Å². The van der Waals surface area contributed by atoms with Crippen molar-refractivity contribution in [3.63, 3.8) is 0 Å². The van der Waals surface area contributed by atoms with Crippen LogP contribution in [0, 0.1) is 70.0 Å². The molecule has 4 heterocycles. The van der Waals surface area contributed by atoms with Crippen molar-refractivity contribution in [1.82, 2.24) is 9.80 Å². The van der Waals surface area contributed by atoms with Gasteiger partial charge in [-0.15, -0.1) is 0 Å². The summed E-state index contributed by atoms with van der Waals surface area (Å²) in [5.74, 6) is -3.96. The molecule has 8 rings (SSSR count). The lowest BCUT2D eigenvalue weighted by atomic mass is 9.84. The number of nitrogens with zero attached hydrogens (tertiary/aromatic N) is 2. The molecule has 0 radical (unpaired) electrons. The first-order valence-corrected chi connectivity index (χ1v) is 32.0. The summed E-state index contributed by atoms with van der Waals surface area (Å²) >= 11 is 0. The van der Waals surface area contributed by atoms with Gasteiger partial charge in [-0.3, -0.25) is 43.2 Å². The third-order valence-corrected chi connectivity index (χ3v) is 19.9. The lowest BCUT2D eigenvalue weighted by Crippen LogP contribution is -2.51. The molecule has 82 heavy (non-hydrogen) atoms. The van der Waals surface area contributed by atoms with Gasteiger partial charge in [-0.2, -0.15) is 0 Å². The van der Waals surface area contributed by atoms with Crippen molar-refractivity contribution in [1.29, 1.82) is 0 Å². The Morgan fingerprint density at radius 1 is 0.561 bits per heavy atom. The van der Waals surface area contributed by atoms with Crippen LogP contribution in [0.2, 0.25) is 0 Å². The van der Waals surface area contributed by atoms with Crippen LogP contribution in [0.3, 0.4) is 0 Å². The molecule has 4 saturated heterocycles. The SMILES string of the molecule is C[C@@H]1OCCCCCCC[C@@H](C(=O)C(=O)CC2CC2)CC(=O)[C@@H]2[C@@H]3[C@H](CN2C(=O)[C@H]1CC(=O)OC(C)(C)C)C3(C)C.C[C@@H]1OCCCCCCC[C@@H](C(O)C(=O)CC2CC2)CC(=O)[C@@H]2[C@@H]3[C@H](CN2C(=O)[C@H]1CC(=O)OC(C)(C)C)C3(C)C. The third kappa shape index (κ3) is 17.2. The summed E-state index contributed by atoms with van der Waals surface area (Å²) in [7, 11) is 0. The van der Waals surface area contributed by atoms with Crippen molar-refractivity contribution in [2.24, 2.45) is 70.0 Å². The zero-order chi connectivity index (χ0) is 60.2. The number of amides is 2. The number of ether oxygens (including phenoxy) is 4. The molecule has 13 atom stereocenters. The molecule has 0 aromatic heterocycles. The summed E-state index contributed by atoms with van der Waals surface area (Å²) in [6.07, 6.45) is 12.7. The number of carbonyl (C=O) groups excluding carboxylic acids is 9. The van der Waals surface area contributed by atoms with Crippen LogP contribution in [0.15, 0.2) is 0 Å². The number of ketones is 5. The molecule has 8 aliphatic rings. The lowest BCUT2D eigenvalue weighted by Gasteiger charge is -2.35. The highest BCUT2D eigenvalue weighted by Gasteiger charge is 2.70. The van der Waals surface area contributed by atoms with Crippen molar-refractivity contribution in [3.8, 4) is 0 Å². The van der Waals surface area contributed by atoms with E-state index in [1.54, 1.807) is 51.3 Å². The first-order valence-electron chi connectivity index (χ1n) is 32.0. The second-order valence-corrected chi connectivity index (χ2v) is 29.6. The van der Waals surface area contributed by atoms with Crippen LogP contribution in [0.5, 0.6) is 0 Å². The first kappa shape index (κ1) is 65.6. The van der Waals surface area contributed by atoms with Gasteiger partial charge in [0.25, 0.3) is 0 Å². The number of rotatable bonds is 12. The monoisotopic (exact) mass is 1150 g/mol. The van der Waals surface area contributed by atoms with E-state index < -0.39 is 83.0 Å². The third-order valence-electron chi connectivity index (χ3n) is 19.9. The summed E-state index contributed by atoms with van der Waals surface area (Å²) in [5.41, 5.74) is -1.50. The normalized spacial score (nSPS) is 33.5. The van der Waals surface area contributed by atoms with E-state index in [9.17, 15) is 48.3 Å². The van der Waals surface area contributed by atoms with Crippen LogP contribution < -0.4 is 0 Å². The molecular formula is C66H104N2O14. The molecule has 462 valence electrons. The summed E-state index contributed by atoms with van der Waals surface area (Å²) in [4.78, 5) is 125. The highest BCUT2D eigenvalue weighted by molar-refractivity contribution is 6.38. The zero-order valence-electron chi connectivity index (χ0n) is 52.2. The first-order chi connectivity index (χ1) is 38.4. The maximum Gasteiger partial charge on any atom is 0.307 e. The minimum absolute atomic E-state index is 0.00816. The second kappa shape index (κ2) is 27.2. The van der Waals surface area contributed by atoms with Gasteiger partial charge >= 0.3 is 11.9 Å². The summed E-state index contributed by atoms with van der Waals surface area (Å²) in [6, 6.07) is -1.27. The van der Waals surface area contributed by atoms with Crippen LogP contribution in [0.4, 0.5) is 0 Å². The number of Topliss-reactive ketones (excluding diaryl/α,β-unsaturated/α-hetero) is 5. The van der Waals surface area contributed by atoms with Gasteiger partial charge in [0.05, 0.1) is 49.0 Å². The molecule has 0 spiro atoms. The van der Waals surface area contributed by atoms with Crippen LogP contribution in [0.25, 0.3) is 0 Å². The average molecular weight is 1150 g/mol. The number of hydrogen-bond donors (Lipinski definition) is 1. The van der Waals surface area contributed by atoms with Crippen LogP contribution >= 0.6 is 0 Å². The van der Waals surface area contributed by atoms with E-state index in [1.807, 2.05) is 13.8 Å². The van der Waals surface area contributed by atoms with Crippen LogP contribution in [0.1, 0.15) is 224 Å². The van der Waals surface area contributed by atoms with Gasteiger partial charge in [0.15, 0.2) is 23.1 Å². The standard InChI is InChI=1S/C33H53NO7.C33H51NO7/c2*1-20-23(18-27(37)41-32(2,3)4)31(39)34-19-24-28(33(24,5)6)29(34)25(35)17-22(12-10-8-7-9-11-15-40-20)30(38)26(36)16-21-13-14-21/h20-24,28-30,38H,7-19H2,1-6H3;20-24,28-29H,7-19H2,1-6H3/t20-,22+,23-,24-,28-,29+,30?;20-,22+,23-,24-,28-,29+/m00/s1. The van der Waals surface area contributed by atoms with Gasteiger partial charge in [0.1, 0.15) is 17.3 Å². The molecule has 16 nitrogen and oxygen atoms in total. The number of piperidine rings is 2. The molecule has 0 bridgehead atoms. The molecule has 1 unspecified atom stereocenters. The Balaban J connectivity index is 0.000000236. The van der Waals surface area contributed by atoms with E-state index in [-0.39, 0.29) is 95.1 Å². The van der Waals surface area contributed by atoms with Crippen molar-refractivity contribution in [3.05, 3.63) is 0 Å².